The van der Waals surface area contributed by atoms with Gasteiger partial charge >= 0.3 is 0 Å². The van der Waals surface area contributed by atoms with E-state index in [1.54, 1.807) is 13.0 Å². The quantitative estimate of drug-likeness (QED) is 0.420. The molecule has 1 aliphatic heterocycles. The Morgan fingerprint density at radius 1 is 1.15 bits per heavy atom. The number of non-ortho nitro benzene ring substituents is 1. The van der Waals surface area contributed by atoms with Crippen molar-refractivity contribution in [1.82, 2.24) is 4.72 Å². The van der Waals surface area contributed by atoms with Crippen LogP contribution in [-0.4, -0.2) is 52.1 Å². The van der Waals surface area contributed by atoms with Gasteiger partial charge in [-0.1, -0.05) is 0 Å². The Labute approximate surface area is 193 Å². The molecular weight excluding hydrogens is 448 g/mol. The first-order valence-electron chi connectivity index (χ1n) is 10.7. The number of rotatable bonds is 9. The topological polar surface area (TPSA) is 131 Å². The average Bonchev–Trinajstić information content (AvgIpc) is 2.79. The van der Waals surface area contributed by atoms with E-state index in [1.165, 1.54) is 43.5 Å². The number of hydrogen-bond donors (Lipinski definition) is 2. The number of anilines is 2. The van der Waals surface area contributed by atoms with Crippen LogP contribution in [0.1, 0.15) is 36.5 Å². The molecule has 1 amide bonds. The number of nitro benzene ring substituents is 1. The summed E-state index contributed by atoms with van der Waals surface area (Å²) in [5.41, 5.74) is 1.06. The number of nitro groups is 1. The van der Waals surface area contributed by atoms with Gasteiger partial charge in [0.05, 0.1) is 27.7 Å². The van der Waals surface area contributed by atoms with E-state index >= 15 is 0 Å². The highest BCUT2D eigenvalue weighted by atomic mass is 32.2. The van der Waals surface area contributed by atoms with Crippen molar-refractivity contribution < 1.29 is 22.9 Å². The van der Waals surface area contributed by atoms with Crippen LogP contribution in [0.2, 0.25) is 0 Å². The summed E-state index contributed by atoms with van der Waals surface area (Å²) in [7, 11) is -2.25. The number of methoxy groups -OCH3 is 1. The molecule has 1 unspecified atom stereocenters. The van der Waals surface area contributed by atoms with Gasteiger partial charge in [0.25, 0.3) is 11.6 Å². The Balaban J connectivity index is 1.80. The van der Waals surface area contributed by atoms with Crippen LogP contribution >= 0.6 is 0 Å². The number of nitrogens with one attached hydrogen (secondary N) is 2. The Hall–Kier alpha value is -3.02. The molecule has 10 nitrogen and oxygen atoms in total. The van der Waals surface area contributed by atoms with Crippen molar-refractivity contribution in [1.29, 1.82) is 0 Å². The third-order valence-corrected chi connectivity index (χ3v) is 6.93. The van der Waals surface area contributed by atoms with Crippen molar-refractivity contribution in [3.63, 3.8) is 0 Å². The molecule has 0 spiro atoms. The summed E-state index contributed by atoms with van der Waals surface area (Å²) in [5, 5.41) is 14.0. The minimum atomic E-state index is -3.74. The van der Waals surface area contributed by atoms with Crippen molar-refractivity contribution >= 4 is 33.0 Å². The molecule has 11 heteroatoms. The van der Waals surface area contributed by atoms with Crippen LogP contribution < -0.4 is 14.9 Å². The van der Waals surface area contributed by atoms with Gasteiger partial charge in [0, 0.05) is 44.1 Å². The lowest BCUT2D eigenvalue weighted by molar-refractivity contribution is -0.384. The van der Waals surface area contributed by atoms with E-state index in [1.807, 2.05) is 0 Å². The predicted molar refractivity (Wildman–Crippen MR) is 125 cm³/mol. The molecular formula is C22H28N4O6S. The van der Waals surface area contributed by atoms with Gasteiger partial charge in [-0.2, -0.15) is 0 Å². The van der Waals surface area contributed by atoms with Gasteiger partial charge in [-0.25, -0.2) is 13.1 Å². The van der Waals surface area contributed by atoms with E-state index in [0.29, 0.717) is 11.4 Å². The van der Waals surface area contributed by atoms with Gasteiger partial charge in [0.15, 0.2) is 0 Å². The van der Waals surface area contributed by atoms with Gasteiger partial charge in [-0.15, -0.1) is 0 Å². The SMILES string of the molecule is COCC(C)NS(=O)(=O)c1ccc(NC(=O)c2cc([N+](=O)[O-])ccc2N2CCCCC2)cc1. The second kappa shape index (κ2) is 10.7. The molecule has 2 aromatic carbocycles. The van der Waals surface area contributed by atoms with Crippen molar-refractivity contribution in [2.24, 2.45) is 0 Å². The van der Waals surface area contributed by atoms with Crippen LogP contribution in [0.15, 0.2) is 47.4 Å². The second-order valence-electron chi connectivity index (χ2n) is 7.96. The normalized spacial score (nSPS) is 15.2. The number of ether oxygens (including phenoxy) is 1. The van der Waals surface area contributed by atoms with Crippen LogP contribution in [0.25, 0.3) is 0 Å². The number of carbonyl (C=O) groups excluding carboxylic acids is 1. The first-order valence-corrected chi connectivity index (χ1v) is 12.2. The summed E-state index contributed by atoms with van der Waals surface area (Å²) >= 11 is 0. The monoisotopic (exact) mass is 476 g/mol. The molecule has 0 aliphatic carbocycles. The molecule has 0 bridgehead atoms. The molecule has 0 radical (unpaired) electrons. The van der Waals surface area contributed by atoms with E-state index in [2.05, 4.69) is 14.9 Å². The molecule has 33 heavy (non-hydrogen) atoms. The maximum Gasteiger partial charge on any atom is 0.270 e. The van der Waals surface area contributed by atoms with Crippen molar-refractivity contribution in [2.75, 3.05) is 37.0 Å². The molecule has 2 aromatic rings. The largest absolute Gasteiger partial charge is 0.383 e. The minimum Gasteiger partial charge on any atom is -0.383 e. The van der Waals surface area contributed by atoms with E-state index < -0.39 is 26.9 Å². The lowest BCUT2D eigenvalue weighted by Gasteiger charge is -2.30. The van der Waals surface area contributed by atoms with Crippen LogP contribution in [0.3, 0.4) is 0 Å². The summed E-state index contributed by atoms with van der Waals surface area (Å²) < 4.78 is 32.4. The van der Waals surface area contributed by atoms with Crippen molar-refractivity contribution in [2.45, 2.75) is 37.1 Å². The summed E-state index contributed by atoms with van der Waals surface area (Å²) in [5.74, 6) is -0.498. The number of hydrogen-bond acceptors (Lipinski definition) is 7. The van der Waals surface area contributed by atoms with Gasteiger partial charge < -0.3 is 15.0 Å². The zero-order chi connectivity index (χ0) is 24.0. The Kier molecular flexibility index (Phi) is 8.01. The number of amides is 1. The zero-order valence-corrected chi connectivity index (χ0v) is 19.4. The Morgan fingerprint density at radius 2 is 1.82 bits per heavy atom. The number of sulfonamides is 1. The van der Waals surface area contributed by atoms with E-state index in [0.717, 1.165) is 32.4 Å². The van der Waals surface area contributed by atoms with Crippen LogP contribution in [0, 0.1) is 10.1 Å². The first kappa shape index (κ1) is 24.6. The molecule has 2 N–H and O–H groups in total. The highest BCUT2D eigenvalue weighted by molar-refractivity contribution is 7.89. The molecule has 0 saturated carbocycles. The number of piperidine rings is 1. The van der Waals surface area contributed by atoms with Crippen LogP contribution in [-0.2, 0) is 14.8 Å². The molecule has 1 heterocycles. The van der Waals surface area contributed by atoms with E-state index in [4.69, 9.17) is 4.74 Å². The van der Waals surface area contributed by atoms with Gasteiger partial charge in [-0.3, -0.25) is 14.9 Å². The first-order chi connectivity index (χ1) is 15.7. The minimum absolute atomic E-state index is 0.0489. The van der Waals surface area contributed by atoms with Crippen molar-refractivity contribution in [3.8, 4) is 0 Å². The maximum atomic E-state index is 13.0. The highest BCUT2D eigenvalue weighted by Crippen LogP contribution is 2.29. The molecule has 1 saturated heterocycles. The number of benzene rings is 2. The fourth-order valence-corrected chi connectivity index (χ4v) is 4.99. The zero-order valence-electron chi connectivity index (χ0n) is 18.6. The predicted octanol–water partition coefficient (Wildman–Crippen LogP) is 3.15. The van der Waals surface area contributed by atoms with Gasteiger partial charge in [0.1, 0.15) is 0 Å². The van der Waals surface area contributed by atoms with E-state index in [9.17, 15) is 23.3 Å². The third kappa shape index (κ3) is 6.28. The Bertz CT molecular complexity index is 1100. The summed E-state index contributed by atoms with van der Waals surface area (Å²) in [6, 6.07) is 9.61. The Morgan fingerprint density at radius 3 is 2.42 bits per heavy atom. The fourth-order valence-electron chi connectivity index (χ4n) is 3.76. The summed E-state index contributed by atoms with van der Waals surface area (Å²) in [6.07, 6.45) is 3.09. The lowest BCUT2D eigenvalue weighted by Crippen LogP contribution is -2.35. The highest BCUT2D eigenvalue weighted by Gasteiger charge is 2.22. The van der Waals surface area contributed by atoms with Crippen LogP contribution in [0.4, 0.5) is 17.1 Å². The van der Waals surface area contributed by atoms with Gasteiger partial charge in [0.2, 0.25) is 10.0 Å². The van der Waals surface area contributed by atoms with Gasteiger partial charge in [-0.05, 0) is 56.5 Å². The number of nitrogens with zero attached hydrogens (tertiary/aromatic N) is 2. The molecule has 1 fully saturated rings. The second-order valence-corrected chi connectivity index (χ2v) is 9.68. The molecule has 178 valence electrons. The molecule has 1 atom stereocenters. The third-order valence-electron chi connectivity index (χ3n) is 5.33. The molecule has 1 aliphatic rings. The number of carbonyl (C=O) groups is 1. The summed E-state index contributed by atoms with van der Waals surface area (Å²) in [4.78, 5) is 25.9. The maximum absolute atomic E-state index is 13.0. The smallest absolute Gasteiger partial charge is 0.270 e. The molecule has 0 aromatic heterocycles. The fraction of sp³-hybridized carbons (Fsp3) is 0.409. The van der Waals surface area contributed by atoms with E-state index in [-0.39, 0.29) is 22.8 Å². The summed E-state index contributed by atoms with van der Waals surface area (Å²) in [6.45, 7) is 3.48. The van der Waals surface area contributed by atoms with Crippen LogP contribution in [0.5, 0.6) is 0 Å². The average molecular weight is 477 g/mol. The standard InChI is InChI=1S/C22H28N4O6S/c1-16(15-32-2)24-33(30,31)19-9-6-17(7-10-19)23-22(27)20-14-18(26(28)29)8-11-21(20)25-12-4-3-5-13-25/h6-11,14,16,24H,3-5,12-13,15H2,1-2H3,(H,23,27). The lowest BCUT2D eigenvalue weighted by atomic mass is 10.1. The molecule has 3 rings (SSSR count). The van der Waals surface area contributed by atoms with Crippen molar-refractivity contribution in [3.05, 3.63) is 58.1 Å².